The van der Waals surface area contributed by atoms with Crippen molar-refractivity contribution in [3.63, 3.8) is 0 Å². The number of ether oxygens (including phenoxy) is 1. The van der Waals surface area contributed by atoms with E-state index in [1.165, 1.54) is 24.8 Å². The number of methoxy groups -OCH3 is 1. The molecule has 2 aromatic rings. The van der Waals surface area contributed by atoms with Crippen LogP contribution < -0.4 is 10.1 Å². The maximum atomic E-state index is 12.7. The van der Waals surface area contributed by atoms with Crippen LogP contribution in [0.1, 0.15) is 12.5 Å². The summed E-state index contributed by atoms with van der Waals surface area (Å²) in [6.07, 6.45) is 0. The van der Waals surface area contributed by atoms with E-state index in [9.17, 15) is 14.9 Å². The Kier molecular flexibility index (Phi) is 6.79. The first-order chi connectivity index (χ1) is 14.0. The lowest BCUT2D eigenvalue weighted by Gasteiger charge is -2.37. The van der Waals surface area contributed by atoms with E-state index in [1.807, 2.05) is 25.1 Å². The SMILES string of the molecule is COc1ccc(NC(=O)[C@@H](C)N2CCN(Cc3ccccc3)CC2)c([N+](=O)[O-])c1. The fourth-order valence-corrected chi connectivity index (χ4v) is 3.45. The number of hydrogen-bond donors (Lipinski definition) is 1. The van der Waals surface area contributed by atoms with E-state index in [0.29, 0.717) is 5.75 Å². The van der Waals surface area contributed by atoms with Gasteiger partial charge in [0, 0.05) is 32.7 Å². The Bertz CT molecular complexity index is 851. The number of hydrogen-bond acceptors (Lipinski definition) is 6. The second-order valence-electron chi connectivity index (χ2n) is 7.10. The smallest absolute Gasteiger partial charge is 0.296 e. The Hall–Kier alpha value is -2.97. The van der Waals surface area contributed by atoms with Gasteiger partial charge in [0.1, 0.15) is 11.4 Å². The minimum Gasteiger partial charge on any atom is -0.496 e. The van der Waals surface area contributed by atoms with E-state index in [1.54, 1.807) is 6.07 Å². The highest BCUT2D eigenvalue weighted by molar-refractivity contribution is 5.96. The van der Waals surface area contributed by atoms with Gasteiger partial charge in [0.2, 0.25) is 5.91 Å². The zero-order valence-electron chi connectivity index (χ0n) is 16.7. The average molecular weight is 398 g/mol. The van der Waals surface area contributed by atoms with Crippen molar-refractivity contribution in [2.45, 2.75) is 19.5 Å². The molecule has 1 saturated heterocycles. The van der Waals surface area contributed by atoms with Crippen LogP contribution in [0.3, 0.4) is 0 Å². The highest BCUT2D eigenvalue weighted by Crippen LogP contribution is 2.29. The second-order valence-corrected chi connectivity index (χ2v) is 7.10. The number of rotatable bonds is 7. The minimum atomic E-state index is -0.523. The molecule has 1 aliphatic rings. The first kappa shape index (κ1) is 20.8. The predicted molar refractivity (Wildman–Crippen MR) is 111 cm³/mol. The number of nitrogens with zero attached hydrogens (tertiary/aromatic N) is 3. The monoisotopic (exact) mass is 398 g/mol. The number of benzene rings is 2. The molecule has 3 rings (SSSR count). The summed E-state index contributed by atoms with van der Waals surface area (Å²) in [5, 5.41) is 14.0. The molecule has 0 bridgehead atoms. The highest BCUT2D eigenvalue weighted by Gasteiger charge is 2.27. The molecule has 0 saturated carbocycles. The summed E-state index contributed by atoms with van der Waals surface area (Å²) in [5.74, 6) is 0.118. The quantitative estimate of drug-likeness (QED) is 0.570. The van der Waals surface area contributed by atoms with Crippen LogP contribution in [-0.4, -0.2) is 60.0 Å². The number of nitrogens with one attached hydrogen (secondary N) is 1. The molecule has 0 unspecified atom stereocenters. The third kappa shape index (κ3) is 5.30. The Morgan fingerprint density at radius 1 is 1.17 bits per heavy atom. The molecular weight excluding hydrogens is 372 g/mol. The largest absolute Gasteiger partial charge is 0.496 e. The van der Waals surface area contributed by atoms with Gasteiger partial charge in [-0.05, 0) is 24.6 Å². The summed E-state index contributed by atoms with van der Waals surface area (Å²) < 4.78 is 5.03. The molecule has 0 aliphatic carbocycles. The molecule has 1 fully saturated rings. The van der Waals surface area contributed by atoms with E-state index in [0.717, 1.165) is 32.7 Å². The summed E-state index contributed by atoms with van der Waals surface area (Å²) in [4.78, 5) is 28.0. The van der Waals surface area contributed by atoms with Gasteiger partial charge in [-0.25, -0.2) is 0 Å². The lowest BCUT2D eigenvalue weighted by molar-refractivity contribution is -0.384. The highest BCUT2D eigenvalue weighted by atomic mass is 16.6. The van der Waals surface area contributed by atoms with E-state index < -0.39 is 4.92 Å². The van der Waals surface area contributed by atoms with Gasteiger partial charge in [0.15, 0.2) is 0 Å². The summed E-state index contributed by atoms with van der Waals surface area (Å²) in [5.41, 5.74) is 1.27. The van der Waals surface area contributed by atoms with Crippen LogP contribution >= 0.6 is 0 Å². The third-order valence-corrected chi connectivity index (χ3v) is 5.24. The Morgan fingerprint density at radius 3 is 2.48 bits per heavy atom. The first-order valence-corrected chi connectivity index (χ1v) is 9.61. The number of amides is 1. The fraction of sp³-hybridized carbons (Fsp3) is 0.381. The first-order valence-electron chi connectivity index (χ1n) is 9.61. The van der Waals surface area contributed by atoms with Crippen LogP contribution in [0.5, 0.6) is 5.75 Å². The number of nitro benzene ring substituents is 1. The van der Waals surface area contributed by atoms with E-state index in [2.05, 4.69) is 27.2 Å². The molecule has 1 atom stereocenters. The second kappa shape index (κ2) is 9.49. The van der Waals surface area contributed by atoms with Crippen molar-refractivity contribution >= 4 is 17.3 Å². The lowest BCUT2D eigenvalue weighted by Crippen LogP contribution is -2.52. The van der Waals surface area contributed by atoms with Gasteiger partial charge in [0.25, 0.3) is 5.69 Å². The number of anilines is 1. The van der Waals surface area contributed by atoms with Gasteiger partial charge in [-0.3, -0.25) is 24.7 Å². The van der Waals surface area contributed by atoms with Gasteiger partial charge >= 0.3 is 0 Å². The molecule has 0 aromatic heterocycles. The van der Waals surface area contributed by atoms with Gasteiger partial charge in [-0.1, -0.05) is 30.3 Å². The van der Waals surface area contributed by atoms with Gasteiger partial charge in [-0.2, -0.15) is 0 Å². The molecule has 8 heteroatoms. The standard InChI is InChI=1S/C21H26N4O4/c1-16(21(26)22-19-9-8-18(29-2)14-20(19)25(27)28)24-12-10-23(11-13-24)15-17-6-4-3-5-7-17/h3-9,14,16H,10-13,15H2,1-2H3,(H,22,26)/t16-/m1/s1. The molecule has 154 valence electrons. The molecular formula is C21H26N4O4. The molecule has 8 nitrogen and oxygen atoms in total. The van der Waals surface area contributed by atoms with E-state index in [4.69, 9.17) is 4.74 Å². The Labute approximate surface area is 170 Å². The Morgan fingerprint density at radius 2 is 1.86 bits per heavy atom. The lowest BCUT2D eigenvalue weighted by atomic mass is 10.1. The van der Waals surface area contributed by atoms with E-state index in [-0.39, 0.29) is 23.3 Å². The van der Waals surface area contributed by atoms with E-state index >= 15 is 0 Å². The normalized spacial score (nSPS) is 16.2. The van der Waals surface area contributed by atoms with Crippen LogP contribution in [0, 0.1) is 10.1 Å². The summed E-state index contributed by atoms with van der Waals surface area (Å²) >= 11 is 0. The molecule has 2 aromatic carbocycles. The van der Waals surface area contributed by atoms with Crippen LogP contribution in [0.25, 0.3) is 0 Å². The Balaban J connectivity index is 1.57. The van der Waals surface area contributed by atoms with Crippen LogP contribution in [0.2, 0.25) is 0 Å². The van der Waals surface area contributed by atoms with Crippen molar-refractivity contribution in [2.75, 3.05) is 38.6 Å². The number of carbonyl (C=O) groups excluding carboxylic acids is 1. The maximum absolute atomic E-state index is 12.7. The molecule has 0 radical (unpaired) electrons. The molecule has 1 aliphatic heterocycles. The fourth-order valence-electron chi connectivity index (χ4n) is 3.45. The zero-order valence-corrected chi connectivity index (χ0v) is 16.7. The number of piperazine rings is 1. The van der Waals surface area contributed by atoms with Crippen molar-refractivity contribution in [3.05, 3.63) is 64.2 Å². The zero-order chi connectivity index (χ0) is 20.8. The average Bonchev–Trinajstić information content (AvgIpc) is 2.74. The molecule has 0 spiro atoms. The molecule has 1 N–H and O–H groups in total. The van der Waals surface area contributed by atoms with Crippen molar-refractivity contribution in [3.8, 4) is 5.75 Å². The molecule has 29 heavy (non-hydrogen) atoms. The van der Waals surface area contributed by atoms with Crippen molar-refractivity contribution in [1.82, 2.24) is 9.80 Å². The van der Waals surface area contributed by atoms with Gasteiger partial charge in [-0.15, -0.1) is 0 Å². The van der Waals surface area contributed by atoms with Crippen LogP contribution in [0.15, 0.2) is 48.5 Å². The minimum absolute atomic E-state index is 0.176. The third-order valence-electron chi connectivity index (χ3n) is 5.24. The van der Waals surface area contributed by atoms with Crippen molar-refractivity contribution in [1.29, 1.82) is 0 Å². The summed E-state index contributed by atoms with van der Waals surface area (Å²) in [6, 6.07) is 14.3. The van der Waals surface area contributed by atoms with Crippen molar-refractivity contribution in [2.24, 2.45) is 0 Å². The summed E-state index contributed by atoms with van der Waals surface area (Å²) in [6.45, 7) is 6.01. The van der Waals surface area contributed by atoms with Crippen LogP contribution in [-0.2, 0) is 11.3 Å². The van der Waals surface area contributed by atoms with Gasteiger partial charge in [0.05, 0.1) is 24.1 Å². The summed E-state index contributed by atoms with van der Waals surface area (Å²) in [7, 11) is 1.44. The molecule has 1 amide bonds. The van der Waals surface area contributed by atoms with Gasteiger partial charge < -0.3 is 10.1 Å². The maximum Gasteiger partial charge on any atom is 0.296 e. The number of carbonyl (C=O) groups is 1. The van der Waals surface area contributed by atoms with Crippen LogP contribution in [0.4, 0.5) is 11.4 Å². The molecule has 1 heterocycles. The topological polar surface area (TPSA) is 88.0 Å². The van der Waals surface area contributed by atoms with Crippen molar-refractivity contribution < 1.29 is 14.5 Å². The number of nitro groups is 1. The predicted octanol–water partition coefficient (Wildman–Crippen LogP) is 2.75.